The molecule has 1 amide bonds. The van der Waals surface area contributed by atoms with Crippen LogP contribution in [0.4, 0.5) is 0 Å². The predicted octanol–water partition coefficient (Wildman–Crippen LogP) is 2.00. The van der Waals surface area contributed by atoms with Crippen LogP contribution in [0.1, 0.15) is 29.9 Å². The van der Waals surface area contributed by atoms with Crippen molar-refractivity contribution < 1.29 is 4.79 Å². The van der Waals surface area contributed by atoms with E-state index in [1.807, 2.05) is 38.1 Å². The molecule has 0 radical (unpaired) electrons. The second-order valence-corrected chi connectivity index (χ2v) is 4.35. The molecule has 98 valence electrons. The molecule has 5 nitrogen and oxygen atoms in total. The number of benzene rings is 1. The Kier molecular flexibility index (Phi) is 4.07. The van der Waals surface area contributed by atoms with E-state index >= 15 is 0 Å². The standard InChI is InChI=1S/C14H16N4O/c1-10-4-3-5-12(8-10)6-7-13(19)17-11(2)14-15-9-16-18-14/h3-9,11H,1-2H3,(H,17,19)(H,15,16,18)/b7-6+. The summed E-state index contributed by atoms with van der Waals surface area (Å²) in [7, 11) is 0. The molecular weight excluding hydrogens is 240 g/mol. The second kappa shape index (κ2) is 5.95. The van der Waals surface area contributed by atoms with E-state index < -0.39 is 0 Å². The van der Waals surface area contributed by atoms with E-state index in [9.17, 15) is 4.79 Å². The highest BCUT2D eigenvalue weighted by atomic mass is 16.1. The summed E-state index contributed by atoms with van der Waals surface area (Å²) >= 11 is 0. The van der Waals surface area contributed by atoms with Crippen LogP contribution in [-0.4, -0.2) is 21.1 Å². The molecule has 0 saturated carbocycles. The molecule has 2 N–H and O–H groups in total. The molecule has 2 aromatic rings. The number of nitrogens with zero attached hydrogens (tertiary/aromatic N) is 2. The number of amides is 1. The molecule has 1 unspecified atom stereocenters. The molecule has 1 atom stereocenters. The van der Waals surface area contributed by atoms with Gasteiger partial charge in [-0.2, -0.15) is 5.10 Å². The number of H-pyrrole nitrogens is 1. The Morgan fingerprint density at radius 3 is 3.00 bits per heavy atom. The minimum Gasteiger partial charge on any atom is -0.343 e. The fraction of sp³-hybridized carbons (Fsp3) is 0.214. The third-order valence-corrected chi connectivity index (χ3v) is 2.67. The van der Waals surface area contributed by atoms with Gasteiger partial charge in [0.2, 0.25) is 5.91 Å². The number of aromatic amines is 1. The van der Waals surface area contributed by atoms with Crippen molar-refractivity contribution in [2.75, 3.05) is 0 Å². The lowest BCUT2D eigenvalue weighted by Crippen LogP contribution is -2.25. The Morgan fingerprint density at radius 2 is 2.32 bits per heavy atom. The molecule has 1 aromatic carbocycles. The molecule has 1 heterocycles. The highest BCUT2D eigenvalue weighted by Crippen LogP contribution is 2.07. The van der Waals surface area contributed by atoms with Gasteiger partial charge in [0.05, 0.1) is 6.04 Å². The summed E-state index contributed by atoms with van der Waals surface area (Å²) in [4.78, 5) is 15.7. The van der Waals surface area contributed by atoms with Crippen molar-refractivity contribution in [3.63, 3.8) is 0 Å². The molecule has 0 spiro atoms. The summed E-state index contributed by atoms with van der Waals surface area (Å²) in [5, 5.41) is 9.28. The highest BCUT2D eigenvalue weighted by molar-refractivity contribution is 5.91. The fourth-order valence-corrected chi connectivity index (χ4v) is 1.70. The largest absolute Gasteiger partial charge is 0.343 e. The van der Waals surface area contributed by atoms with E-state index in [1.54, 1.807) is 6.08 Å². The van der Waals surface area contributed by atoms with Crippen molar-refractivity contribution in [3.8, 4) is 0 Å². The van der Waals surface area contributed by atoms with E-state index in [-0.39, 0.29) is 11.9 Å². The number of aromatic nitrogens is 3. The van der Waals surface area contributed by atoms with Crippen molar-refractivity contribution in [3.05, 3.63) is 53.6 Å². The molecule has 0 aliphatic carbocycles. The molecule has 5 heteroatoms. The Hall–Kier alpha value is -2.43. The first-order valence-corrected chi connectivity index (χ1v) is 6.05. The van der Waals surface area contributed by atoms with Crippen LogP contribution in [0.15, 0.2) is 36.7 Å². The quantitative estimate of drug-likeness (QED) is 0.822. The van der Waals surface area contributed by atoms with E-state index in [0.717, 1.165) is 11.1 Å². The van der Waals surface area contributed by atoms with Gasteiger partial charge >= 0.3 is 0 Å². The summed E-state index contributed by atoms with van der Waals surface area (Å²) in [6, 6.07) is 7.76. The van der Waals surface area contributed by atoms with Gasteiger partial charge in [-0.15, -0.1) is 0 Å². The van der Waals surface area contributed by atoms with Crippen LogP contribution in [0.3, 0.4) is 0 Å². The topological polar surface area (TPSA) is 70.7 Å². The summed E-state index contributed by atoms with van der Waals surface area (Å²) < 4.78 is 0. The van der Waals surface area contributed by atoms with Crippen LogP contribution in [0.5, 0.6) is 0 Å². The normalized spacial score (nSPS) is 12.5. The first-order chi connectivity index (χ1) is 9.15. The fourth-order valence-electron chi connectivity index (χ4n) is 1.70. The average Bonchev–Trinajstić information content (AvgIpc) is 2.90. The van der Waals surface area contributed by atoms with Crippen molar-refractivity contribution in [1.82, 2.24) is 20.5 Å². The van der Waals surface area contributed by atoms with Gasteiger partial charge in [-0.25, -0.2) is 4.98 Å². The maximum Gasteiger partial charge on any atom is 0.244 e. The van der Waals surface area contributed by atoms with Crippen LogP contribution >= 0.6 is 0 Å². The smallest absolute Gasteiger partial charge is 0.244 e. The molecule has 0 saturated heterocycles. The van der Waals surface area contributed by atoms with Crippen LogP contribution in [-0.2, 0) is 4.79 Å². The number of aryl methyl sites for hydroxylation is 1. The molecule has 1 aromatic heterocycles. The number of hydrogen-bond acceptors (Lipinski definition) is 3. The van der Waals surface area contributed by atoms with Crippen molar-refractivity contribution >= 4 is 12.0 Å². The van der Waals surface area contributed by atoms with Crippen LogP contribution in [0, 0.1) is 6.92 Å². The zero-order chi connectivity index (χ0) is 13.7. The van der Waals surface area contributed by atoms with Gasteiger partial charge in [0.15, 0.2) is 0 Å². The summed E-state index contributed by atoms with van der Waals surface area (Å²) in [5.74, 6) is 0.475. The van der Waals surface area contributed by atoms with Gasteiger partial charge in [-0.05, 0) is 25.5 Å². The van der Waals surface area contributed by atoms with Crippen LogP contribution in [0.25, 0.3) is 6.08 Å². The first kappa shape index (κ1) is 13.0. The molecule has 2 rings (SSSR count). The average molecular weight is 256 g/mol. The Bertz CT molecular complexity index is 575. The zero-order valence-electron chi connectivity index (χ0n) is 10.9. The monoisotopic (exact) mass is 256 g/mol. The van der Waals surface area contributed by atoms with Crippen LogP contribution < -0.4 is 5.32 Å². The van der Waals surface area contributed by atoms with Gasteiger partial charge in [-0.1, -0.05) is 29.8 Å². The lowest BCUT2D eigenvalue weighted by atomic mass is 10.1. The van der Waals surface area contributed by atoms with Crippen molar-refractivity contribution in [2.45, 2.75) is 19.9 Å². The third-order valence-electron chi connectivity index (χ3n) is 2.67. The number of hydrogen-bond donors (Lipinski definition) is 2. The SMILES string of the molecule is Cc1cccc(/C=C/C(=O)NC(C)c2ncn[nH]2)c1. The molecule has 0 aliphatic heterocycles. The van der Waals surface area contributed by atoms with Gasteiger partial charge in [0, 0.05) is 6.08 Å². The van der Waals surface area contributed by atoms with E-state index in [1.165, 1.54) is 12.4 Å². The van der Waals surface area contributed by atoms with Crippen molar-refractivity contribution in [1.29, 1.82) is 0 Å². The number of carbonyl (C=O) groups excluding carboxylic acids is 1. The Balaban J connectivity index is 1.94. The molecule has 0 aliphatic rings. The third kappa shape index (κ3) is 3.77. The van der Waals surface area contributed by atoms with Gasteiger partial charge in [-0.3, -0.25) is 9.89 Å². The second-order valence-electron chi connectivity index (χ2n) is 4.35. The Labute approximate surface area is 111 Å². The van der Waals surface area contributed by atoms with Gasteiger partial charge in [0.1, 0.15) is 12.2 Å². The summed E-state index contributed by atoms with van der Waals surface area (Å²) in [6.45, 7) is 3.86. The maximum absolute atomic E-state index is 11.7. The Morgan fingerprint density at radius 1 is 1.47 bits per heavy atom. The number of carbonyl (C=O) groups is 1. The van der Waals surface area contributed by atoms with Crippen molar-refractivity contribution in [2.24, 2.45) is 0 Å². The van der Waals surface area contributed by atoms with E-state index in [2.05, 4.69) is 20.5 Å². The van der Waals surface area contributed by atoms with E-state index in [4.69, 9.17) is 0 Å². The van der Waals surface area contributed by atoms with Gasteiger partial charge < -0.3 is 5.32 Å². The summed E-state index contributed by atoms with van der Waals surface area (Å²) in [5.41, 5.74) is 2.17. The molecule has 0 fully saturated rings. The van der Waals surface area contributed by atoms with E-state index in [0.29, 0.717) is 5.82 Å². The lowest BCUT2D eigenvalue weighted by Gasteiger charge is -2.08. The van der Waals surface area contributed by atoms with Crippen LogP contribution in [0.2, 0.25) is 0 Å². The zero-order valence-corrected chi connectivity index (χ0v) is 10.9. The lowest BCUT2D eigenvalue weighted by molar-refractivity contribution is -0.117. The molecule has 19 heavy (non-hydrogen) atoms. The molecule has 0 bridgehead atoms. The predicted molar refractivity (Wildman–Crippen MR) is 73.2 cm³/mol. The molecular formula is C14H16N4O. The van der Waals surface area contributed by atoms with Gasteiger partial charge in [0.25, 0.3) is 0 Å². The number of rotatable bonds is 4. The minimum absolute atomic E-state index is 0.162. The summed E-state index contributed by atoms with van der Waals surface area (Å²) in [6.07, 6.45) is 4.72. The number of nitrogens with one attached hydrogen (secondary N) is 2. The minimum atomic E-state index is -0.197. The maximum atomic E-state index is 11.7. The first-order valence-electron chi connectivity index (χ1n) is 6.05. The highest BCUT2D eigenvalue weighted by Gasteiger charge is 2.09.